The zero-order valence-corrected chi connectivity index (χ0v) is 12.1. The Kier molecular flexibility index (Phi) is 5.26. The molecule has 0 radical (unpaired) electrons. The fraction of sp³-hybridized carbons (Fsp3) is 1.00. The van der Waals surface area contributed by atoms with Crippen molar-refractivity contribution in [2.75, 3.05) is 45.3 Å². The average molecular weight is 297 g/mol. The third-order valence-electron chi connectivity index (χ3n) is 3.62. The van der Waals surface area contributed by atoms with Crippen LogP contribution in [0.25, 0.3) is 0 Å². The molecular formula is C11H21ClN2O3S. The van der Waals surface area contributed by atoms with Crippen molar-refractivity contribution in [3.8, 4) is 0 Å². The van der Waals surface area contributed by atoms with Gasteiger partial charge in [0.1, 0.15) is 0 Å². The van der Waals surface area contributed by atoms with E-state index in [1.54, 1.807) is 8.61 Å². The van der Waals surface area contributed by atoms with E-state index in [-0.39, 0.29) is 0 Å². The first kappa shape index (κ1) is 14.5. The molecule has 7 heteroatoms. The summed E-state index contributed by atoms with van der Waals surface area (Å²) < 4.78 is 33.3. The summed E-state index contributed by atoms with van der Waals surface area (Å²) in [6.45, 7) is 3.19. The van der Waals surface area contributed by atoms with E-state index in [1.165, 1.54) is 0 Å². The highest BCUT2D eigenvalue weighted by Crippen LogP contribution is 2.24. The summed E-state index contributed by atoms with van der Waals surface area (Å²) in [6, 6.07) is 0. The van der Waals surface area contributed by atoms with Gasteiger partial charge in [0.05, 0.1) is 13.2 Å². The van der Waals surface area contributed by atoms with E-state index in [2.05, 4.69) is 0 Å². The Hall–Kier alpha value is 0.120. The molecule has 0 aliphatic carbocycles. The van der Waals surface area contributed by atoms with Crippen molar-refractivity contribution in [3.63, 3.8) is 0 Å². The topological polar surface area (TPSA) is 49.9 Å². The van der Waals surface area contributed by atoms with Gasteiger partial charge in [0.2, 0.25) is 0 Å². The van der Waals surface area contributed by atoms with Gasteiger partial charge in [0.25, 0.3) is 10.2 Å². The lowest BCUT2D eigenvalue weighted by molar-refractivity contribution is 0.0690. The molecule has 0 amide bonds. The molecular weight excluding hydrogens is 276 g/mol. The van der Waals surface area contributed by atoms with Crippen molar-refractivity contribution in [3.05, 3.63) is 0 Å². The molecule has 0 aromatic heterocycles. The van der Waals surface area contributed by atoms with Crippen LogP contribution in [0.3, 0.4) is 0 Å². The predicted octanol–water partition coefficient (Wildman–Crippen LogP) is 0.904. The molecule has 0 spiro atoms. The van der Waals surface area contributed by atoms with Crippen LogP contribution in [0.1, 0.15) is 19.3 Å². The normalized spacial score (nSPS) is 28.4. The lowest BCUT2D eigenvalue weighted by Gasteiger charge is -2.36. The summed E-state index contributed by atoms with van der Waals surface area (Å²) in [5, 5.41) is 0. The van der Waals surface area contributed by atoms with Gasteiger partial charge < -0.3 is 4.74 Å². The highest BCUT2D eigenvalue weighted by Gasteiger charge is 2.34. The van der Waals surface area contributed by atoms with E-state index < -0.39 is 10.2 Å². The van der Waals surface area contributed by atoms with Gasteiger partial charge in [0.15, 0.2) is 0 Å². The Morgan fingerprint density at radius 2 is 1.89 bits per heavy atom. The molecule has 2 aliphatic rings. The molecule has 1 atom stereocenters. The quantitative estimate of drug-likeness (QED) is 0.725. The lowest BCUT2D eigenvalue weighted by Crippen LogP contribution is -2.51. The summed E-state index contributed by atoms with van der Waals surface area (Å²) in [5.74, 6) is 1.02. The second kappa shape index (κ2) is 6.52. The van der Waals surface area contributed by atoms with Crippen LogP contribution in [0.15, 0.2) is 0 Å². The van der Waals surface area contributed by atoms with E-state index in [0.717, 1.165) is 19.3 Å². The first-order chi connectivity index (χ1) is 8.64. The zero-order valence-electron chi connectivity index (χ0n) is 10.6. The van der Waals surface area contributed by atoms with E-state index in [4.69, 9.17) is 16.3 Å². The maximum absolute atomic E-state index is 12.5. The summed E-state index contributed by atoms with van der Waals surface area (Å²) in [7, 11) is -3.29. The van der Waals surface area contributed by atoms with Crippen molar-refractivity contribution in [2.24, 2.45) is 5.92 Å². The SMILES string of the molecule is O=S(=O)(N1CCOCC1)N1CCCC(CCCl)C1. The number of ether oxygens (including phenoxy) is 1. The predicted molar refractivity (Wildman–Crippen MR) is 70.9 cm³/mol. The van der Waals surface area contributed by atoms with Gasteiger partial charge in [-0.05, 0) is 25.2 Å². The highest BCUT2D eigenvalue weighted by molar-refractivity contribution is 7.86. The largest absolute Gasteiger partial charge is 0.379 e. The summed E-state index contributed by atoms with van der Waals surface area (Å²) in [4.78, 5) is 0. The van der Waals surface area contributed by atoms with E-state index in [0.29, 0.717) is 51.2 Å². The Balaban J connectivity index is 1.99. The van der Waals surface area contributed by atoms with Gasteiger partial charge in [-0.1, -0.05) is 0 Å². The number of hydrogen-bond donors (Lipinski definition) is 0. The second-order valence-electron chi connectivity index (χ2n) is 4.86. The van der Waals surface area contributed by atoms with Crippen LogP contribution in [0.2, 0.25) is 0 Å². The lowest BCUT2D eigenvalue weighted by atomic mass is 9.97. The third kappa shape index (κ3) is 3.36. The van der Waals surface area contributed by atoms with Crippen LogP contribution >= 0.6 is 11.6 Å². The van der Waals surface area contributed by atoms with Crippen molar-refractivity contribution in [2.45, 2.75) is 19.3 Å². The molecule has 2 aliphatic heterocycles. The maximum Gasteiger partial charge on any atom is 0.282 e. The fourth-order valence-electron chi connectivity index (χ4n) is 2.57. The smallest absolute Gasteiger partial charge is 0.282 e. The van der Waals surface area contributed by atoms with Crippen molar-refractivity contribution in [1.82, 2.24) is 8.61 Å². The van der Waals surface area contributed by atoms with Gasteiger partial charge in [-0.25, -0.2) is 0 Å². The van der Waals surface area contributed by atoms with Gasteiger partial charge in [0, 0.05) is 32.1 Å². The van der Waals surface area contributed by atoms with E-state index >= 15 is 0 Å². The molecule has 18 heavy (non-hydrogen) atoms. The molecule has 0 N–H and O–H groups in total. The Morgan fingerprint density at radius 1 is 1.17 bits per heavy atom. The minimum absolute atomic E-state index is 0.409. The first-order valence-electron chi connectivity index (χ1n) is 6.53. The summed E-state index contributed by atoms with van der Waals surface area (Å²) in [5.41, 5.74) is 0. The van der Waals surface area contributed by atoms with Gasteiger partial charge >= 0.3 is 0 Å². The minimum atomic E-state index is -3.29. The number of hydrogen-bond acceptors (Lipinski definition) is 3. The molecule has 0 bridgehead atoms. The molecule has 0 saturated carbocycles. The molecule has 0 aromatic carbocycles. The van der Waals surface area contributed by atoms with Crippen LogP contribution in [0.4, 0.5) is 0 Å². The molecule has 2 fully saturated rings. The van der Waals surface area contributed by atoms with Gasteiger partial charge in [-0.15, -0.1) is 11.6 Å². The van der Waals surface area contributed by atoms with Crippen LogP contribution in [-0.4, -0.2) is 62.3 Å². The number of piperidine rings is 1. The Labute approximate surface area is 114 Å². The van der Waals surface area contributed by atoms with Crippen LogP contribution in [0.5, 0.6) is 0 Å². The standard InChI is InChI=1S/C11H21ClN2O3S/c12-4-3-11-2-1-5-14(10-11)18(15,16)13-6-8-17-9-7-13/h11H,1-10H2. The summed E-state index contributed by atoms with van der Waals surface area (Å²) >= 11 is 5.75. The highest BCUT2D eigenvalue weighted by atomic mass is 35.5. The van der Waals surface area contributed by atoms with Gasteiger partial charge in [-0.2, -0.15) is 17.0 Å². The number of alkyl halides is 1. The monoisotopic (exact) mass is 296 g/mol. The number of rotatable bonds is 4. The zero-order chi connectivity index (χ0) is 13.0. The van der Waals surface area contributed by atoms with E-state index in [1.807, 2.05) is 0 Å². The maximum atomic E-state index is 12.5. The third-order valence-corrected chi connectivity index (χ3v) is 5.84. The second-order valence-corrected chi connectivity index (χ2v) is 7.17. The first-order valence-corrected chi connectivity index (χ1v) is 8.46. The molecule has 2 saturated heterocycles. The van der Waals surface area contributed by atoms with E-state index in [9.17, 15) is 8.42 Å². The number of morpholine rings is 1. The molecule has 0 aromatic rings. The van der Waals surface area contributed by atoms with Crippen molar-refractivity contribution < 1.29 is 13.2 Å². The molecule has 106 valence electrons. The Morgan fingerprint density at radius 3 is 2.56 bits per heavy atom. The van der Waals surface area contributed by atoms with Gasteiger partial charge in [-0.3, -0.25) is 0 Å². The van der Waals surface area contributed by atoms with Crippen molar-refractivity contribution in [1.29, 1.82) is 0 Å². The molecule has 2 heterocycles. The van der Waals surface area contributed by atoms with Crippen LogP contribution < -0.4 is 0 Å². The molecule has 2 rings (SSSR count). The molecule has 5 nitrogen and oxygen atoms in total. The average Bonchev–Trinajstić information content (AvgIpc) is 2.40. The minimum Gasteiger partial charge on any atom is -0.379 e. The molecule has 1 unspecified atom stereocenters. The van der Waals surface area contributed by atoms with Crippen LogP contribution in [-0.2, 0) is 14.9 Å². The van der Waals surface area contributed by atoms with Crippen molar-refractivity contribution >= 4 is 21.8 Å². The van der Waals surface area contributed by atoms with Crippen LogP contribution in [0, 0.1) is 5.92 Å². The Bertz CT molecular complexity index is 355. The fourth-order valence-corrected chi connectivity index (χ4v) is 4.57. The number of halogens is 1. The summed E-state index contributed by atoms with van der Waals surface area (Å²) in [6.07, 6.45) is 2.92. The number of nitrogens with zero attached hydrogens (tertiary/aromatic N) is 2.